The number of hydrogen-bond acceptors (Lipinski definition) is 4. The molecule has 2 aliphatic heterocycles. The van der Waals surface area contributed by atoms with Crippen molar-refractivity contribution >= 4 is 0 Å². The van der Waals surface area contributed by atoms with Crippen molar-refractivity contribution in [2.24, 2.45) is 5.92 Å². The minimum atomic E-state index is 0.274. The fourth-order valence-corrected chi connectivity index (χ4v) is 3.12. The van der Waals surface area contributed by atoms with Crippen molar-refractivity contribution in [1.29, 1.82) is 0 Å². The van der Waals surface area contributed by atoms with Gasteiger partial charge in [-0.1, -0.05) is 6.42 Å². The molecular formula is C14H24N4O. The zero-order valence-corrected chi connectivity index (χ0v) is 11.6. The lowest BCUT2D eigenvalue weighted by Crippen LogP contribution is -2.31. The molecule has 0 spiro atoms. The summed E-state index contributed by atoms with van der Waals surface area (Å²) >= 11 is 0. The van der Waals surface area contributed by atoms with Crippen LogP contribution in [0, 0.1) is 5.92 Å². The molecule has 0 bridgehead atoms. The molecule has 5 heteroatoms. The fourth-order valence-electron chi connectivity index (χ4n) is 3.12. The average molecular weight is 264 g/mol. The second-order valence-corrected chi connectivity index (χ2v) is 5.86. The summed E-state index contributed by atoms with van der Waals surface area (Å²) in [4.78, 5) is 7.18. The molecule has 1 unspecified atom stereocenters. The second-order valence-electron chi connectivity index (χ2n) is 5.86. The summed E-state index contributed by atoms with van der Waals surface area (Å²) in [5.74, 6) is 2.43. The highest BCUT2D eigenvalue weighted by atomic mass is 16.3. The predicted molar refractivity (Wildman–Crippen MR) is 72.9 cm³/mol. The van der Waals surface area contributed by atoms with Crippen LogP contribution in [0.25, 0.3) is 0 Å². The summed E-state index contributed by atoms with van der Waals surface area (Å²) in [6.07, 6.45) is 6.93. The summed E-state index contributed by atoms with van der Waals surface area (Å²) in [7, 11) is 0. The normalized spacial score (nSPS) is 24.4. The average Bonchev–Trinajstić information content (AvgIpc) is 2.88. The maximum absolute atomic E-state index is 9.23. The van der Waals surface area contributed by atoms with Crippen molar-refractivity contribution in [3.05, 3.63) is 11.6 Å². The lowest BCUT2D eigenvalue weighted by atomic mass is 9.99. The first-order valence-electron chi connectivity index (χ1n) is 7.61. The number of aliphatic hydroxyl groups excluding tert-OH is 1. The number of aliphatic hydroxyl groups is 1. The molecule has 2 aliphatic rings. The maximum Gasteiger partial charge on any atom is 0.152 e. The van der Waals surface area contributed by atoms with Crippen molar-refractivity contribution in [3.8, 4) is 0 Å². The summed E-state index contributed by atoms with van der Waals surface area (Å²) in [6.45, 7) is 4.75. The van der Waals surface area contributed by atoms with E-state index in [0.29, 0.717) is 5.92 Å². The van der Waals surface area contributed by atoms with Gasteiger partial charge in [0.15, 0.2) is 5.82 Å². The van der Waals surface area contributed by atoms with E-state index in [1.165, 1.54) is 32.4 Å². The molecule has 1 saturated heterocycles. The van der Waals surface area contributed by atoms with E-state index in [9.17, 15) is 5.11 Å². The molecule has 1 atom stereocenters. The Morgan fingerprint density at radius 3 is 2.79 bits per heavy atom. The minimum Gasteiger partial charge on any atom is -0.396 e. The summed E-state index contributed by atoms with van der Waals surface area (Å²) in [5.41, 5.74) is 0. The van der Waals surface area contributed by atoms with Crippen molar-refractivity contribution in [2.45, 2.75) is 45.1 Å². The van der Waals surface area contributed by atoms with Crippen molar-refractivity contribution in [3.63, 3.8) is 0 Å². The summed E-state index contributed by atoms with van der Waals surface area (Å²) < 4.78 is 2.04. The van der Waals surface area contributed by atoms with Crippen LogP contribution in [0.3, 0.4) is 0 Å². The number of likely N-dealkylation sites (tertiary alicyclic amines) is 1. The van der Waals surface area contributed by atoms with Crippen LogP contribution in [-0.2, 0) is 19.4 Å². The van der Waals surface area contributed by atoms with Gasteiger partial charge in [-0.3, -0.25) is 0 Å². The molecule has 1 N–H and O–H groups in total. The largest absolute Gasteiger partial charge is 0.396 e. The third kappa shape index (κ3) is 3.15. The van der Waals surface area contributed by atoms with Gasteiger partial charge in [-0.15, -0.1) is 0 Å². The first kappa shape index (κ1) is 13.1. The van der Waals surface area contributed by atoms with E-state index in [4.69, 9.17) is 0 Å². The first-order valence-corrected chi connectivity index (χ1v) is 7.61. The SMILES string of the molecule is OCC1CCn2nc(CCN3CCCCC3)nc2C1. The molecule has 1 fully saturated rings. The van der Waals surface area contributed by atoms with Gasteiger partial charge in [-0.05, 0) is 38.3 Å². The Morgan fingerprint density at radius 2 is 2.00 bits per heavy atom. The van der Waals surface area contributed by atoms with Gasteiger partial charge in [0.25, 0.3) is 0 Å². The predicted octanol–water partition coefficient (Wildman–Crippen LogP) is 0.861. The molecule has 0 saturated carbocycles. The second kappa shape index (κ2) is 6.01. The number of rotatable bonds is 4. The van der Waals surface area contributed by atoms with Crippen molar-refractivity contribution < 1.29 is 5.11 Å². The number of hydrogen-bond donors (Lipinski definition) is 1. The Labute approximate surface area is 114 Å². The van der Waals surface area contributed by atoms with E-state index in [0.717, 1.165) is 44.0 Å². The smallest absolute Gasteiger partial charge is 0.152 e. The summed E-state index contributed by atoms with van der Waals surface area (Å²) in [5, 5.41) is 13.8. The fraction of sp³-hybridized carbons (Fsp3) is 0.857. The molecule has 3 rings (SSSR count). The van der Waals surface area contributed by atoms with Crippen LogP contribution in [-0.4, -0.2) is 51.0 Å². The molecule has 19 heavy (non-hydrogen) atoms. The Bertz CT molecular complexity index is 412. The van der Waals surface area contributed by atoms with E-state index >= 15 is 0 Å². The van der Waals surface area contributed by atoms with Gasteiger partial charge in [0, 0.05) is 32.5 Å². The molecule has 5 nitrogen and oxygen atoms in total. The van der Waals surface area contributed by atoms with Crippen LogP contribution in [0.1, 0.15) is 37.3 Å². The van der Waals surface area contributed by atoms with Crippen LogP contribution < -0.4 is 0 Å². The minimum absolute atomic E-state index is 0.274. The number of aryl methyl sites for hydroxylation is 1. The van der Waals surface area contributed by atoms with Gasteiger partial charge >= 0.3 is 0 Å². The molecule has 106 valence electrons. The molecule has 0 radical (unpaired) electrons. The van der Waals surface area contributed by atoms with Crippen LogP contribution in [0.2, 0.25) is 0 Å². The highest BCUT2D eigenvalue weighted by Gasteiger charge is 2.21. The van der Waals surface area contributed by atoms with Crippen molar-refractivity contribution in [1.82, 2.24) is 19.7 Å². The quantitative estimate of drug-likeness (QED) is 0.876. The third-order valence-corrected chi connectivity index (χ3v) is 4.37. The van der Waals surface area contributed by atoms with E-state index < -0.39 is 0 Å². The standard InChI is InChI=1S/C14H24N4O/c19-11-12-4-9-18-14(10-12)15-13(16-18)5-8-17-6-2-1-3-7-17/h12,19H,1-11H2. The lowest BCUT2D eigenvalue weighted by Gasteiger charge is -2.25. The molecule has 1 aromatic rings. The van der Waals surface area contributed by atoms with Gasteiger partial charge in [0.2, 0.25) is 0 Å². The molecular weight excluding hydrogens is 240 g/mol. The molecule has 1 aromatic heterocycles. The number of fused-ring (bicyclic) bond motifs is 1. The number of piperidine rings is 1. The highest BCUT2D eigenvalue weighted by molar-refractivity contribution is 4.98. The summed E-state index contributed by atoms with van der Waals surface area (Å²) in [6, 6.07) is 0. The van der Waals surface area contributed by atoms with Crippen LogP contribution in [0.4, 0.5) is 0 Å². The van der Waals surface area contributed by atoms with Gasteiger partial charge < -0.3 is 10.0 Å². The monoisotopic (exact) mass is 264 g/mol. The molecule has 0 amide bonds. The van der Waals surface area contributed by atoms with Crippen LogP contribution >= 0.6 is 0 Å². The molecule has 3 heterocycles. The van der Waals surface area contributed by atoms with Gasteiger partial charge in [0.05, 0.1) is 0 Å². The molecule has 0 aromatic carbocycles. The maximum atomic E-state index is 9.23. The van der Waals surface area contributed by atoms with Crippen molar-refractivity contribution in [2.75, 3.05) is 26.2 Å². The Morgan fingerprint density at radius 1 is 1.16 bits per heavy atom. The van der Waals surface area contributed by atoms with E-state index in [2.05, 4.69) is 15.0 Å². The van der Waals surface area contributed by atoms with Gasteiger partial charge in [-0.25, -0.2) is 9.67 Å². The van der Waals surface area contributed by atoms with Crippen LogP contribution in [0.15, 0.2) is 0 Å². The zero-order chi connectivity index (χ0) is 13.1. The zero-order valence-electron chi connectivity index (χ0n) is 11.6. The van der Waals surface area contributed by atoms with E-state index in [-0.39, 0.29) is 6.61 Å². The van der Waals surface area contributed by atoms with Gasteiger partial charge in [0.1, 0.15) is 5.82 Å². The van der Waals surface area contributed by atoms with E-state index in [1.54, 1.807) is 0 Å². The molecule has 0 aliphatic carbocycles. The number of aromatic nitrogens is 3. The first-order chi connectivity index (χ1) is 9.35. The van der Waals surface area contributed by atoms with E-state index in [1.807, 2.05) is 4.68 Å². The van der Waals surface area contributed by atoms with Crippen LogP contribution in [0.5, 0.6) is 0 Å². The Balaban J connectivity index is 1.55. The Hall–Kier alpha value is -0.940. The topological polar surface area (TPSA) is 54.2 Å². The Kier molecular flexibility index (Phi) is 4.13. The van der Waals surface area contributed by atoms with Gasteiger partial charge in [-0.2, -0.15) is 5.10 Å². The number of nitrogens with zero attached hydrogens (tertiary/aromatic N) is 4. The lowest BCUT2D eigenvalue weighted by molar-refractivity contribution is 0.196. The third-order valence-electron chi connectivity index (χ3n) is 4.37. The highest BCUT2D eigenvalue weighted by Crippen LogP contribution is 2.18.